The number of unbranched alkanes of at least 4 members (excludes halogenated alkanes) is 3. The van der Waals surface area contributed by atoms with Crippen LogP contribution in [0.4, 0.5) is 0 Å². The van der Waals surface area contributed by atoms with Crippen molar-refractivity contribution in [1.82, 2.24) is 5.32 Å². The third-order valence-electron chi connectivity index (χ3n) is 3.55. The summed E-state index contributed by atoms with van der Waals surface area (Å²) in [4.78, 5) is 12.0. The highest BCUT2D eigenvalue weighted by atomic mass is 16.2. The molecule has 0 atom stereocenters. The third kappa shape index (κ3) is 5.50. The van der Waals surface area contributed by atoms with Crippen LogP contribution in [0.2, 0.25) is 0 Å². The Hall–Kier alpha value is -0.610. The summed E-state index contributed by atoms with van der Waals surface area (Å²) in [6, 6.07) is 0. The quantitative estimate of drug-likeness (QED) is 0.565. The highest BCUT2D eigenvalue weighted by Gasteiger charge is 2.39. The molecule has 1 amide bonds. The molecular weight excluding hydrogens is 216 g/mol. The highest BCUT2D eigenvalue weighted by Crippen LogP contribution is 2.28. The lowest BCUT2D eigenvalue weighted by Crippen LogP contribution is -2.55. The van der Waals surface area contributed by atoms with E-state index in [9.17, 15) is 4.79 Å². The molecule has 0 aromatic carbocycles. The fourth-order valence-corrected chi connectivity index (χ4v) is 1.31. The minimum atomic E-state index is -0.571. The average Bonchev–Trinajstić information content (AvgIpc) is 2.21. The van der Waals surface area contributed by atoms with Crippen molar-refractivity contribution < 1.29 is 9.90 Å². The summed E-state index contributed by atoms with van der Waals surface area (Å²) < 4.78 is 0. The van der Waals surface area contributed by atoms with Crippen molar-refractivity contribution in [2.75, 3.05) is 13.2 Å². The largest absolute Gasteiger partial charge is 0.396 e. The minimum absolute atomic E-state index is 0.00663. The normalized spacial score (nSPS) is 12.6. The van der Waals surface area contributed by atoms with E-state index in [1.54, 1.807) is 0 Å². The van der Waals surface area contributed by atoms with E-state index in [0.717, 1.165) is 25.7 Å². The smallest absolute Gasteiger partial charge is 0.227 e. The first-order valence-corrected chi connectivity index (χ1v) is 6.41. The fourth-order valence-electron chi connectivity index (χ4n) is 1.31. The number of amides is 1. The first-order chi connectivity index (χ1) is 7.73. The Labute approximate surface area is 105 Å². The van der Waals surface area contributed by atoms with Crippen LogP contribution in [0.5, 0.6) is 0 Å². The molecule has 17 heavy (non-hydrogen) atoms. The molecule has 0 aromatic rings. The van der Waals surface area contributed by atoms with Gasteiger partial charge in [-0.1, -0.05) is 12.8 Å². The zero-order valence-electron chi connectivity index (χ0n) is 11.7. The maximum absolute atomic E-state index is 12.0. The van der Waals surface area contributed by atoms with Crippen molar-refractivity contribution in [1.29, 1.82) is 0 Å². The highest BCUT2D eigenvalue weighted by molar-refractivity contribution is 5.83. The summed E-state index contributed by atoms with van der Waals surface area (Å²) in [5.74, 6) is 0.00663. The van der Waals surface area contributed by atoms with E-state index in [4.69, 9.17) is 10.8 Å². The monoisotopic (exact) mass is 244 g/mol. The Morgan fingerprint density at radius 3 is 2.12 bits per heavy atom. The number of hydrogen-bond donors (Lipinski definition) is 3. The topological polar surface area (TPSA) is 75.4 Å². The lowest BCUT2D eigenvalue weighted by Gasteiger charge is -2.36. The Bertz CT molecular complexity index is 232. The predicted octanol–water partition coefficient (Wildman–Crippen LogP) is 1.42. The standard InChI is InChI=1S/C13H28N2O2/c1-12(2,13(3,4)14)11(17)15-9-7-5-6-8-10-16/h16H,5-10,14H2,1-4H3,(H,15,17). The van der Waals surface area contributed by atoms with Crippen LogP contribution in [0, 0.1) is 5.41 Å². The SMILES string of the molecule is CC(C)(N)C(C)(C)C(=O)NCCCCCCO. The average molecular weight is 244 g/mol. The maximum Gasteiger partial charge on any atom is 0.227 e. The molecule has 0 saturated heterocycles. The van der Waals surface area contributed by atoms with Gasteiger partial charge >= 0.3 is 0 Å². The second-order valence-corrected chi connectivity index (χ2v) is 5.74. The second-order valence-electron chi connectivity index (χ2n) is 5.74. The number of carbonyl (C=O) groups is 1. The van der Waals surface area contributed by atoms with Gasteiger partial charge in [0.25, 0.3) is 0 Å². The zero-order chi connectivity index (χ0) is 13.5. The van der Waals surface area contributed by atoms with Crippen LogP contribution < -0.4 is 11.1 Å². The first kappa shape index (κ1) is 16.4. The number of carbonyl (C=O) groups excluding carboxylic acids is 1. The van der Waals surface area contributed by atoms with Gasteiger partial charge in [-0.05, 0) is 40.5 Å². The molecule has 0 radical (unpaired) electrons. The zero-order valence-corrected chi connectivity index (χ0v) is 11.7. The Kier molecular flexibility index (Phi) is 6.72. The van der Waals surface area contributed by atoms with Crippen LogP contribution in [0.3, 0.4) is 0 Å². The number of hydrogen-bond acceptors (Lipinski definition) is 3. The molecule has 0 aliphatic rings. The van der Waals surface area contributed by atoms with Gasteiger partial charge in [0.2, 0.25) is 5.91 Å². The summed E-state index contributed by atoms with van der Waals surface area (Å²) in [6.07, 6.45) is 3.84. The van der Waals surface area contributed by atoms with Gasteiger partial charge in [-0.2, -0.15) is 0 Å². The van der Waals surface area contributed by atoms with E-state index in [2.05, 4.69) is 5.32 Å². The van der Waals surface area contributed by atoms with Crippen LogP contribution in [0.15, 0.2) is 0 Å². The van der Waals surface area contributed by atoms with Gasteiger partial charge in [0.05, 0.1) is 5.41 Å². The van der Waals surface area contributed by atoms with Crippen LogP contribution in [-0.2, 0) is 4.79 Å². The number of aliphatic hydroxyl groups excluding tert-OH is 1. The lowest BCUT2D eigenvalue weighted by molar-refractivity contribution is -0.132. The third-order valence-corrected chi connectivity index (χ3v) is 3.55. The maximum atomic E-state index is 12.0. The first-order valence-electron chi connectivity index (χ1n) is 6.41. The van der Waals surface area contributed by atoms with Crippen molar-refractivity contribution in [3.05, 3.63) is 0 Å². The van der Waals surface area contributed by atoms with Gasteiger partial charge in [-0.25, -0.2) is 0 Å². The van der Waals surface area contributed by atoms with Gasteiger partial charge in [0, 0.05) is 18.7 Å². The predicted molar refractivity (Wildman–Crippen MR) is 70.6 cm³/mol. The van der Waals surface area contributed by atoms with Gasteiger partial charge in [-0.3, -0.25) is 4.79 Å². The molecule has 0 heterocycles. The number of nitrogens with one attached hydrogen (secondary N) is 1. The van der Waals surface area contributed by atoms with Crippen LogP contribution >= 0.6 is 0 Å². The minimum Gasteiger partial charge on any atom is -0.396 e. The van der Waals surface area contributed by atoms with E-state index in [0.29, 0.717) is 6.54 Å². The summed E-state index contributed by atoms with van der Waals surface area (Å²) >= 11 is 0. The Morgan fingerprint density at radius 2 is 1.65 bits per heavy atom. The lowest BCUT2D eigenvalue weighted by atomic mass is 9.74. The Morgan fingerprint density at radius 1 is 1.12 bits per heavy atom. The molecular formula is C13H28N2O2. The number of rotatable bonds is 8. The van der Waals surface area contributed by atoms with Crippen molar-refractivity contribution in [2.45, 2.75) is 58.9 Å². The van der Waals surface area contributed by atoms with Crippen molar-refractivity contribution >= 4 is 5.91 Å². The molecule has 102 valence electrons. The second kappa shape index (κ2) is 6.97. The fraction of sp³-hybridized carbons (Fsp3) is 0.923. The summed E-state index contributed by atoms with van der Waals surface area (Å²) in [5.41, 5.74) is 4.89. The molecule has 4 heteroatoms. The molecule has 0 aliphatic heterocycles. The number of nitrogens with two attached hydrogens (primary N) is 1. The summed E-state index contributed by atoms with van der Waals surface area (Å²) in [5, 5.41) is 11.5. The van der Waals surface area contributed by atoms with E-state index >= 15 is 0 Å². The molecule has 0 aliphatic carbocycles. The van der Waals surface area contributed by atoms with Crippen LogP contribution in [0.1, 0.15) is 53.4 Å². The van der Waals surface area contributed by atoms with Gasteiger partial charge in [-0.15, -0.1) is 0 Å². The molecule has 0 fully saturated rings. The van der Waals surface area contributed by atoms with Crippen molar-refractivity contribution in [3.8, 4) is 0 Å². The molecule has 0 saturated carbocycles. The molecule has 0 bridgehead atoms. The molecule has 4 N–H and O–H groups in total. The van der Waals surface area contributed by atoms with Crippen molar-refractivity contribution in [2.24, 2.45) is 11.1 Å². The summed E-state index contributed by atoms with van der Waals surface area (Å²) in [6.45, 7) is 8.41. The molecule has 0 spiro atoms. The van der Waals surface area contributed by atoms with Gasteiger partial charge in [0.15, 0.2) is 0 Å². The van der Waals surface area contributed by atoms with Gasteiger partial charge in [0.1, 0.15) is 0 Å². The summed E-state index contributed by atoms with van der Waals surface area (Å²) in [7, 11) is 0. The molecule has 0 unspecified atom stereocenters. The van der Waals surface area contributed by atoms with Crippen LogP contribution in [-0.4, -0.2) is 29.7 Å². The van der Waals surface area contributed by atoms with E-state index in [1.807, 2.05) is 27.7 Å². The van der Waals surface area contributed by atoms with E-state index in [1.165, 1.54) is 0 Å². The van der Waals surface area contributed by atoms with Crippen molar-refractivity contribution in [3.63, 3.8) is 0 Å². The molecule has 0 rings (SSSR count). The molecule has 0 aromatic heterocycles. The van der Waals surface area contributed by atoms with E-state index < -0.39 is 11.0 Å². The Balaban J connectivity index is 3.87. The van der Waals surface area contributed by atoms with Gasteiger partial charge < -0.3 is 16.2 Å². The van der Waals surface area contributed by atoms with Crippen LogP contribution in [0.25, 0.3) is 0 Å². The van der Waals surface area contributed by atoms with E-state index in [-0.39, 0.29) is 12.5 Å². The molecule has 4 nitrogen and oxygen atoms in total. The number of aliphatic hydroxyl groups is 1.